The van der Waals surface area contributed by atoms with Gasteiger partial charge in [0.2, 0.25) is 0 Å². The Morgan fingerprint density at radius 2 is 0.476 bits per heavy atom. The topological polar surface area (TPSA) is 43.4 Å². The van der Waals surface area contributed by atoms with Gasteiger partial charge in [0.15, 0.2) is 0 Å². The van der Waals surface area contributed by atoms with Crippen molar-refractivity contribution in [1.82, 2.24) is 0 Å². The number of hydrogen-bond acceptors (Lipinski definition) is 3. The average Bonchev–Trinajstić information content (AvgIpc) is 3.29. The van der Waals surface area contributed by atoms with Crippen LogP contribution in [0.5, 0.6) is 0 Å². The summed E-state index contributed by atoms with van der Waals surface area (Å²) in [5.41, 5.74) is 0. The maximum Gasteiger partial charge on any atom is 0.316 e. The lowest BCUT2D eigenvalue weighted by atomic mass is 9.92. The molecule has 0 aliphatic heterocycles. The summed E-state index contributed by atoms with van der Waals surface area (Å²) in [5, 5.41) is 0. The Labute approximate surface area is 398 Å². The molecule has 0 aliphatic carbocycles. The number of rotatable bonds is 56. The van der Waals surface area contributed by atoms with E-state index in [4.69, 9.17) is 4.74 Å². The molecule has 0 heterocycles. The second-order valence-corrected chi connectivity index (χ2v) is 20.7. The monoisotopic (exact) mass is 887 g/mol. The minimum atomic E-state index is -0.534. The lowest BCUT2D eigenvalue weighted by Crippen LogP contribution is -2.26. The van der Waals surface area contributed by atoms with E-state index < -0.39 is 5.92 Å². The molecule has 0 fully saturated rings. The Balaban J connectivity index is 4.11. The fraction of sp³-hybridized carbons (Fsp3) is 0.967. The number of carbonyl (C=O) groups is 2. The highest BCUT2D eigenvalue weighted by Gasteiger charge is 2.27. The largest absolute Gasteiger partial charge is 0.465 e. The van der Waals surface area contributed by atoms with Crippen molar-refractivity contribution >= 4 is 11.8 Å². The molecule has 3 nitrogen and oxygen atoms in total. The van der Waals surface area contributed by atoms with Crippen LogP contribution in [0.15, 0.2) is 0 Å². The van der Waals surface area contributed by atoms with Gasteiger partial charge in [-0.05, 0) is 19.3 Å². The third kappa shape index (κ3) is 50.4. The first kappa shape index (κ1) is 62.1. The predicted octanol–water partition coefficient (Wildman–Crippen LogP) is 21.4. The molecule has 0 aromatic rings. The molecule has 0 spiro atoms. The molecule has 0 aromatic heterocycles. The summed E-state index contributed by atoms with van der Waals surface area (Å²) in [4.78, 5) is 26.7. The van der Waals surface area contributed by atoms with Crippen LogP contribution in [-0.2, 0) is 14.3 Å². The number of hydrogen-bond donors (Lipinski definition) is 0. The SMILES string of the molecule is CCCCCCCCCCCCCCCCCCCCCCCCOC(=O)C(CCCCCCCCCCCCCCCC)C(=O)CCCCCCCCCCCCCCCCC. The lowest BCUT2D eigenvalue weighted by Gasteiger charge is -2.15. The number of ketones is 1. The molecule has 0 amide bonds. The average molecular weight is 888 g/mol. The van der Waals surface area contributed by atoms with Crippen molar-refractivity contribution in [3.05, 3.63) is 0 Å². The first-order valence-electron chi connectivity index (χ1n) is 29.9. The zero-order valence-electron chi connectivity index (χ0n) is 44.0. The standard InChI is InChI=1S/C60H118O3/c1-4-7-10-13-16-19-22-25-28-29-30-31-32-33-34-36-39-42-45-48-51-54-57-63-60(62)58(55-52-49-46-43-40-37-27-24-21-18-15-12-9-6-3)59(61)56-53-50-47-44-41-38-35-26-23-20-17-14-11-8-5-2/h58H,4-57H2,1-3H3. The Morgan fingerprint density at radius 1 is 0.270 bits per heavy atom. The lowest BCUT2D eigenvalue weighted by molar-refractivity contribution is -0.152. The molecule has 0 N–H and O–H groups in total. The van der Waals surface area contributed by atoms with Crippen LogP contribution in [0.25, 0.3) is 0 Å². The summed E-state index contributed by atoms with van der Waals surface area (Å²) in [6, 6.07) is 0. The summed E-state index contributed by atoms with van der Waals surface area (Å²) < 4.78 is 5.81. The molecule has 0 rings (SSSR count). The first-order valence-corrected chi connectivity index (χ1v) is 29.9. The van der Waals surface area contributed by atoms with Crippen LogP contribution < -0.4 is 0 Å². The Morgan fingerprint density at radius 3 is 0.730 bits per heavy atom. The van der Waals surface area contributed by atoms with Crippen molar-refractivity contribution in [1.29, 1.82) is 0 Å². The van der Waals surface area contributed by atoms with Crippen LogP contribution in [0.2, 0.25) is 0 Å². The van der Waals surface area contributed by atoms with E-state index in [0.717, 1.165) is 38.5 Å². The van der Waals surface area contributed by atoms with Gasteiger partial charge in [0, 0.05) is 6.42 Å². The van der Waals surface area contributed by atoms with E-state index in [-0.39, 0.29) is 11.8 Å². The van der Waals surface area contributed by atoms with E-state index >= 15 is 0 Å². The van der Waals surface area contributed by atoms with Crippen molar-refractivity contribution in [2.24, 2.45) is 5.92 Å². The van der Waals surface area contributed by atoms with Crippen LogP contribution in [-0.4, -0.2) is 18.4 Å². The molecule has 63 heavy (non-hydrogen) atoms. The number of unbranched alkanes of at least 4 members (excludes halogenated alkanes) is 48. The van der Waals surface area contributed by atoms with E-state index in [2.05, 4.69) is 20.8 Å². The van der Waals surface area contributed by atoms with Crippen molar-refractivity contribution in [2.45, 2.75) is 361 Å². The molecule has 1 unspecified atom stereocenters. The van der Waals surface area contributed by atoms with Gasteiger partial charge in [-0.2, -0.15) is 0 Å². The molecule has 3 heteroatoms. The van der Waals surface area contributed by atoms with Crippen molar-refractivity contribution in [2.75, 3.05) is 6.61 Å². The summed E-state index contributed by atoms with van der Waals surface area (Å²) in [7, 11) is 0. The van der Waals surface area contributed by atoms with E-state index in [9.17, 15) is 9.59 Å². The highest BCUT2D eigenvalue weighted by atomic mass is 16.5. The highest BCUT2D eigenvalue weighted by Crippen LogP contribution is 2.21. The highest BCUT2D eigenvalue weighted by molar-refractivity contribution is 5.98. The van der Waals surface area contributed by atoms with Crippen molar-refractivity contribution < 1.29 is 14.3 Å². The van der Waals surface area contributed by atoms with Gasteiger partial charge in [0.25, 0.3) is 0 Å². The van der Waals surface area contributed by atoms with Gasteiger partial charge in [-0.3, -0.25) is 9.59 Å². The summed E-state index contributed by atoms with van der Waals surface area (Å²) in [6.45, 7) is 7.37. The van der Waals surface area contributed by atoms with E-state index in [0.29, 0.717) is 19.4 Å². The summed E-state index contributed by atoms with van der Waals surface area (Å²) >= 11 is 0. The molecule has 0 aromatic carbocycles. The molecular weight excluding hydrogens is 769 g/mol. The summed E-state index contributed by atoms with van der Waals surface area (Å²) in [5.74, 6) is -0.605. The second kappa shape index (κ2) is 55.5. The Kier molecular flexibility index (Phi) is 54.7. The molecule has 0 radical (unpaired) electrons. The van der Waals surface area contributed by atoms with Crippen LogP contribution in [0.3, 0.4) is 0 Å². The smallest absolute Gasteiger partial charge is 0.316 e. The van der Waals surface area contributed by atoms with E-state index in [1.807, 2.05) is 0 Å². The Hall–Kier alpha value is -0.860. The van der Waals surface area contributed by atoms with Gasteiger partial charge in [-0.1, -0.05) is 335 Å². The normalized spacial score (nSPS) is 12.0. The quantitative estimate of drug-likeness (QED) is 0.0347. The van der Waals surface area contributed by atoms with Gasteiger partial charge in [-0.25, -0.2) is 0 Å². The first-order chi connectivity index (χ1) is 31.2. The summed E-state index contributed by atoms with van der Waals surface area (Å²) in [6.07, 6.45) is 69.9. The van der Waals surface area contributed by atoms with Crippen LogP contribution >= 0.6 is 0 Å². The minimum absolute atomic E-state index is 0.151. The van der Waals surface area contributed by atoms with Crippen molar-refractivity contribution in [3.63, 3.8) is 0 Å². The fourth-order valence-electron chi connectivity index (χ4n) is 9.78. The number of Topliss-reactive ketones (excluding diaryl/α,β-unsaturated/α-hetero) is 1. The predicted molar refractivity (Wildman–Crippen MR) is 281 cm³/mol. The second-order valence-electron chi connectivity index (χ2n) is 20.7. The Bertz CT molecular complexity index is 867. The zero-order chi connectivity index (χ0) is 45.6. The molecule has 376 valence electrons. The van der Waals surface area contributed by atoms with Gasteiger partial charge in [0.05, 0.1) is 6.61 Å². The number of ether oxygens (including phenoxy) is 1. The molecule has 1 atom stereocenters. The minimum Gasteiger partial charge on any atom is -0.465 e. The fourth-order valence-corrected chi connectivity index (χ4v) is 9.78. The van der Waals surface area contributed by atoms with Gasteiger partial charge < -0.3 is 4.74 Å². The van der Waals surface area contributed by atoms with Gasteiger partial charge in [0.1, 0.15) is 11.7 Å². The molecule has 0 bridgehead atoms. The van der Waals surface area contributed by atoms with E-state index in [1.54, 1.807) is 0 Å². The van der Waals surface area contributed by atoms with Crippen LogP contribution in [0.1, 0.15) is 361 Å². The molecule has 0 saturated heterocycles. The molecular formula is C60H118O3. The maximum absolute atomic E-state index is 13.4. The van der Waals surface area contributed by atoms with Crippen LogP contribution in [0.4, 0.5) is 0 Å². The zero-order valence-corrected chi connectivity index (χ0v) is 44.0. The van der Waals surface area contributed by atoms with E-state index in [1.165, 1.54) is 289 Å². The molecule has 0 aliphatic rings. The third-order valence-corrected chi connectivity index (χ3v) is 14.3. The third-order valence-electron chi connectivity index (χ3n) is 14.3. The maximum atomic E-state index is 13.4. The van der Waals surface area contributed by atoms with Gasteiger partial charge >= 0.3 is 5.97 Å². The molecule has 0 saturated carbocycles. The number of carbonyl (C=O) groups excluding carboxylic acids is 2. The van der Waals surface area contributed by atoms with Crippen molar-refractivity contribution in [3.8, 4) is 0 Å². The van der Waals surface area contributed by atoms with Gasteiger partial charge in [-0.15, -0.1) is 0 Å². The number of esters is 1. The van der Waals surface area contributed by atoms with Crippen LogP contribution in [0, 0.1) is 5.92 Å².